The van der Waals surface area contributed by atoms with Gasteiger partial charge in [0.15, 0.2) is 5.60 Å². The topological polar surface area (TPSA) is 82.9 Å². The van der Waals surface area contributed by atoms with Gasteiger partial charge in [-0.15, -0.1) is 12.3 Å². The molecule has 0 N–H and O–H groups in total. The SMILES string of the molecule is C#CCCOC(C)(C)C(=O)OCC(C)C(=O)N(C)CCCn1ccnc1.CC.COC(C)C. The molecular weight excluding hydrogens is 422 g/mol. The Balaban J connectivity index is 0. The summed E-state index contributed by atoms with van der Waals surface area (Å²) in [5.74, 6) is 1.47. The maximum Gasteiger partial charge on any atom is 0.337 e. The number of terminal acetylenes is 1. The maximum atomic E-state index is 12.4. The van der Waals surface area contributed by atoms with Gasteiger partial charge in [-0.05, 0) is 34.1 Å². The minimum Gasteiger partial charge on any atom is -0.463 e. The van der Waals surface area contributed by atoms with Gasteiger partial charge in [0.1, 0.15) is 6.61 Å². The summed E-state index contributed by atoms with van der Waals surface area (Å²) in [5, 5.41) is 0. The highest BCUT2D eigenvalue weighted by molar-refractivity contribution is 5.80. The van der Waals surface area contributed by atoms with Crippen LogP contribution in [-0.2, 0) is 30.3 Å². The van der Waals surface area contributed by atoms with Gasteiger partial charge in [0.05, 0.1) is 25.0 Å². The first kappa shape index (κ1) is 32.8. The van der Waals surface area contributed by atoms with E-state index < -0.39 is 17.5 Å². The van der Waals surface area contributed by atoms with Crippen molar-refractivity contribution in [3.05, 3.63) is 18.7 Å². The molecule has 33 heavy (non-hydrogen) atoms. The Hall–Kier alpha value is -2.37. The number of hydrogen-bond acceptors (Lipinski definition) is 6. The van der Waals surface area contributed by atoms with Gasteiger partial charge in [-0.3, -0.25) is 4.79 Å². The van der Waals surface area contributed by atoms with E-state index >= 15 is 0 Å². The van der Waals surface area contributed by atoms with Crippen molar-refractivity contribution < 1.29 is 23.8 Å². The second-order valence-corrected chi connectivity index (χ2v) is 8.01. The number of rotatable bonds is 12. The quantitative estimate of drug-likeness (QED) is 0.264. The lowest BCUT2D eigenvalue weighted by Crippen LogP contribution is -2.40. The molecule has 0 bridgehead atoms. The average molecular weight is 468 g/mol. The Bertz CT molecular complexity index is 666. The lowest BCUT2D eigenvalue weighted by molar-refractivity contribution is -0.170. The van der Waals surface area contributed by atoms with E-state index in [1.807, 2.05) is 38.5 Å². The fourth-order valence-electron chi connectivity index (χ4n) is 2.27. The first-order valence-corrected chi connectivity index (χ1v) is 11.5. The summed E-state index contributed by atoms with van der Waals surface area (Å²) in [7, 11) is 3.45. The van der Waals surface area contributed by atoms with E-state index in [1.165, 1.54) is 0 Å². The van der Waals surface area contributed by atoms with E-state index in [0.717, 1.165) is 13.0 Å². The lowest BCUT2D eigenvalue weighted by Gasteiger charge is -2.25. The van der Waals surface area contributed by atoms with Crippen LogP contribution in [0.25, 0.3) is 0 Å². The lowest BCUT2D eigenvalue weighted by atomic mass is 10.1. The summed E-state index contributed by atoms with van der Waals surface area (Å²) < 4.78 is 17.4. The number of aromatic nitrogens is 2. The van der Waals surface area contributed by atoms with Crippen LogP contribution >= 0.6 is 0 Å². The number of ether oxygens (including phenoxy) is 3. The Kier molecular flexibility index (Phi) is 19.0. The predicted octanol–water partition coefficient (Wildman–Crippen LogP) is 3.80. The molecule has 0 aliphatic heterocycles. The number of esters is 1. The number of amides is 1. The van der Waals surface area contributed by atoms with E-state index in [1.54, 1.807) is 52.4 Å². The van der Waals surface area contributed by atoms with Gasteiger partial charge in [-0.25, -0.2) is 9.78 Å². The summed E-state index contributed by atoms with van der Waals surface area (Å²) in [5.41, 5.74) is -1.09. The van der Waals surface area contributed by atoms with Crippen LogP contribution in [0.4, 0.5) is 0 Å². The van der Waals surface area contributed by atoms with E-state index in [2.05, 4.69) is 10.9 Å². The van der Waals surface area contributed by atoms with Crippen molar-refractivity contribution in [2.24, 2.45) is 5.92 Å². The molecule has 1 aromatic rings. The van der Waals surface area contributed by atoms with Crippen LogP contribution < -0.4 is 0 Å². The second-order valence-electron chi connectivity index (χ2n) is 8.01. The minimum atomic E-state index is -1.09. The monoisotopic (exact) mass is 467 g/mol. The largest absolute Gasteiger partial charge is 0.463 e. The number of carbonyl (C=O) groups is 2. The molecule has 1 rings (SSSR count). The molecule has 1 heterocycles. The highest BCUT2D eigenvalue weighted by Gasteiger charge is 2.31. The predicted molar refractivity (Wildman–Crippen MR) is 132 cm³/mol. The number of imidazole rings is 1. The molecule has 1 aromatic heterocycles. The second kappa shape index (κ2) is 19.1. The summed E-state index contributed by atoms with van der Waals surface area (Å²) >= 11 is 0. The van der Waals surface area contributed by atoms with Crippen molar-refractivity contribution in [2.75, 3.05) is 33.9 Å². The molecular formula is C25H45N3O5. The standard InChI is InChI=1S/C19H29N3O4.C4H10O.C2H6/c1-6-7-13-26-19(3,4)18(24)25-14-16(2)17(23)21(5)10-8-11-22-12-9-20-15-22;1-4(2)5-3;1-2/h1,9,12,15-16H,7-8,10-11,13-14H2,2-5H3;4H,1-3H3;1-2H3. The van der Waals surface area contributed by atoms with Crippen molar-refractivity contribution >= 4 is 11.9 Å². The molecule has 0 aliphatic carbocycles. The van der Waals surface area contributed by atoms with Crippen LogP contribution in [0.15, 0.2) is 18.7 Å². The minimum absolute atomic E-state index is 0.0193. The molecule has 0 radical (unpaired) electrons. The third kappa shape index (κ3) is 16.0. The summed E-state index contributed by atoms with van der Waals surface area (Å²) in [6, 6.07) is 0. The van der Waals surface area contributed by atoms with E-state index in [9.17, 15) is 9.59 Å². The van der Waals surface area contributed by atoms with Gasteiger partial charge >= 0.3 is 5.97 Å². The molecule has 1 unspecified atom stereocenters. The van der Waals surface area contributed by atoms with Crippen LogP contribution in [-0.4, -0.2) is 71.9 Å². The first-order valence-electron chi connectivity index (χ1n) is 11.5. The average Bonchev–Trinajstić information content (AvgIpc) is 3.31. The molecule has 0 aromatic carbocycles. The Labute approximate surface area is 201 Å². The van der Waals surface area contributed by atoms with E-state index in [0.29, 0.717) is 19.1 Å². The third-order valence-electron chi connectivity index (χ3n) is 4.40. The Morgan fingerprint density at radius 2 is 1.85 bits per heavy atom. The van der Waals surface area contributed by atoms with Crippen LogP contribution in [0.5, 0.6) is 0 Å². The molecule has 0 aliphatic rings. The van der Waals surface area contributed by atoms with Crippen molar-refractivity contribution in [1.82, 2.24) is 14.5 Å². The molecule has 0 fully saturated rings. The number of hydrogen-bond donors (Lipinski definition) is 0. The van der Waals surface area contributed by atoms with Crippen LogP contribution in [0.3, 0.4) is 0 Å². The molecule has 190 valence electrons. The summed E-state index contributed by atoms with van der Waals surface area (Å²) in [6.07, 6.45) is 12.2. The van der Waals surface area contributed by atoms with Gasteiger partial charge in [0, 0.05) is 46.1 Å². The third-order valence-corrected chi connectivity index (χ3v) is 4.40. The van der Waals surface area contributed by atoms with E-state index in [-0.39, 0.29) is 19.1 Å². The zero-order chi connectivity index (χ0) is 25.9. The van der Waals surface area contributed by atoms with Gasteiger partial charge in [0.25, 0.3) is 0 Å². The summed E-state index contributed by atoms with van der Waals surface area (Å²) in [6.45, 7) is 14.7. The van der Waals surface area contributed by atoms with Crippen LogP contribution in [0, 0.1) is 18.3 Å². The van der Waals surface area contributed by atoms with Crippen molar-refractivity contribution in [1.29, 1.82) is 0 Å². The fourth-order valence-corrected chi connectivity index (χ4v) is 2.27. The molecule has 0 spiro atoms. The zero-order valence-corrected chi connectivity index (χ0v) is 22.1. The number of methoxy groups -OCH3 is 1. The molecule has 0 saturated carbocycles. The normalized spacial score (nSPS) is 11.3. The van der Waals surface area contributed by atoms with Crippen LogP contribution in [0.1, 0.15) is 61.3 Å². The van der Waals surface area contributed by atoms with E-state index in [4.69, 9.17) is 20.6 Å². The Morgan fingerprint density at radius 3 is 2.33 bits per heavy atom. The van der Waals surface area contributed by atoms with Crippen molar-refractivity contribution in [2.45, 2.75) is 79.6 Å². The molecule has 1 atom stereocenters. The summed E-state index contributed by atoms with van der Waals surface area (Å²) in [4.78, 5) is 30.1. The van der Waals surface area contributed by atoms with Crippen molar-refractivity contribution in [3.63, 3.8) is 0 Å². The molecule has 1 amide bonds. The zero-order valence-electron chi connectivity index (χ0n) is 22.1. The number of nitrogens with zero attached hydrogens (tertiary/aromatic N) is 3. The highest BCUT2D eigenvalue weighted by atomic mass is 16.6. The molecule has 8 nitrogen and oxygen atoms in total. The van der Waals surface area contributed by atoms with Gasteiger partial charge in [-0.2, -0.15) is 0 Å². The Morgan fingerprint density at radius 1 is 1.24 bits per heavy atom. The van der Waals surface area contributed by atoms with Gasteiger partial charge in [0.2, 0.25) is 5.91 Å². The first-order chi connectivity index (χ1) is 15.5. The smallest absolute Gasteiger partial charge is 0.337 e. The van der Waals surface area contributed by atoms with Crippen LogP contribution in [0.2, 0.25) is 0 Å². The van der Waals surface area contributed by atoms with Gasteiger partial charge in [-0.1, -0.05) is 20.8 Å². The van der Waals surface area contributed by atoms with Gasteiger partial charge < -0.3 is 23.7 Å². The highest BCUT2D eigenvalue weighted by Crippen LogP contribution is 2.13. The number of aryl methyl sites for hydroxylation is 1. The van der Waals surface area contributed by atoms with Crippen molar-refractivity contribution in [3.8, 4) is 12.3 Å². The molecule has 8 heteroatoms. The number of carbonyl (C=O) groups excluding carboxylic acids is 2. The molecule has 0 saturated heterocycles. The maximum absolute atomic E-state index is 12.4. The fraction of sp³-hybridized carbons (Fsp3) is 0.720.